The second-order valence-corrected chi connectivity index (χ2v) is 9.51. The van der Waals surface area contributed by atoms with E-state index in [1.807, 2.05) is 39.0 Å². The number of amides is 3. The number of methoxy groups -OCH3 is 1. The molecule has 1 saturated heterocycles. The quantitative estimate of drug-likeness (QED) is 0.379. The predicted molar refractivity (Wildman–Crippen MR) is 130 cm³/mol. The number of carbonyl (C=O) groups is 3. The zero-order valence-corrected chi connectivity index (χ0v) is 20.7. The lowest BCUT2D eigenvalue weighted by Crippen LogP contribution is -2.40. The van der Waals surface area contributed by atoms with Gasteiger partial charge in [-0.15, -0.1) is 0 Å². The van der Waals surface area contributed by atoms with Crippen molar-refractivity contribution < 1.29 is 34.4 Å². The van der Waals surface area contributed by atoms with Crippen LogP contribution in [0.25, 0.3) is 6.08 Å². The highest BCUT2D eigenvalue weighted by Gasteiger charge is 2.57. The van der Waals surface area contributed by atoms with E-state index in [4.69, 9.17) is 0 Å². The van der Waals surface area contributed by atoms with E-state index in [-0.39, 0.29) is 18.1 Å². The van der Waals surface area contributed by atoms with Crippen molar-refractivity contribution in [2.75, 3.05) is 13.7 Å². The van der Waals surface area contributed by atoms with Crippen LogP contribution in [0.2, 0.25) is 0 Å². The number of likely N-dealkylation sites (tertiary alicyclic amines) is 1. The summed E-state index contributed by atoms with van der Waals surface area (Å²) in [5.74, 6) is -3.59. The molecular weight excluding hydrogens is 450 g/mol. The van der Waals surface area contributed by atoms with Crippen LogP contribution in [0.1, 0.15) is 52.0 Å². The van der Waals surface area contributed by atoms with Crippen molar-refractivity contribution in [3.05, 3.63) is 46.5 Å². The number of aromatic hydroxyl groups is 1. The molecule has 3 rings (SSSR count). The lowest BCUT2D eigenvalue weighted by molar-refractivity contribution is -0.137. The van der Waals surface area contributed by atoms with Gasteiger partial charge in [-0.3, -0.25) is 9.59 Å². The monoisotopic (exact) mass is 485 g/mol. The summed E-state index contributed by atoms with van der Waals surface area (Å²) in [4.78, 5) is 38.6. The van der Waals surface area contributed by atoms with E-state index in [1.165, 1.54) is 0 Å². The first-order chi connectivity index (χ1) is 16.7. The molecule has 8 heteroatoms. The minimum atomic E-state index is -1.03. The molecule has 1 aromatic carbocycles. The zero-order chi connectivity index (χ0) is 25.9. The highest BCUT2D eigenvalue weighted by atomic mass is 16.5. The Labute approximate surface area is 205 Å². The molecule has 1 heterocycles. The van der Waals surface area contributed by atoms with Gasteiger partial charge in [0.1, 0.15) is 5.75 Å². The van der Waals surface area contributed by atoms with Crippen LogP contribution in [0.15, 0.2) is 41.0 Å². The topological polar surface area (TPSA) is 124 Å². The van der Waals surface area contributed by atoms with E-state index in [0.717, 1.165) is 24.7 Å². The number of benzene rings is 1. The van der Waals surface area contributed by atoms with Gasteiger partial charge in [-0.2, -0.15) is 4.90 Å². The van der Waals surface area contributed by atoms with Crippen LogP contribution in [-0.2, 0) is 14.3 Å². The lowest BCUT2D eigenvalue weighted by Gasteiger charge is -2.38. The third kappa shape index (κ3) is 5.18. The molecule has 2 aliphatic rings. The lowest BCUT2D eigenvalue weighted by atomic mass is 9.66. The largest absolute Gasteiger partial charge is 0.507 e. The van der Waals surface area contributed by atoms with E-state index in [1.54, 1.807) is 12.1 Å². The van der Waals surface area contributed by atoms with Crippen LogP contribution in [0, 0.1) is 23.7 Å². The van der Waals surface area contributed by atoms with Crippen molar-refractivity contribution in [1.29, 1.82) is 0 Å². The number of aliphatic hydroxyl groups excluding tert-OH is 2. The summed E-state index contributed by atoms with van der Waals surface area (Å²) >= 11 is 0. The maximum atomic E-state index is 13.1. The molecule has 35 heavy (non-hydrogen) atoms. The number of hydrogen-bond acceptors (Lipinski definition) is 7. The van der Waals surface area contributed by atoms with Crippen LogP contribution in [0.4, 0.5) is 4.79 Å². The Morgan fingerprint density at radius 3 is 2.49 bits per heavy atom. The number of nitrogens with zero attached hydrogens (tertiary/aromatic N) is 1. The third-order valence-electron chi connectivity index (χ3n) is 7.22. The van der Waals surface area contributed by atoms with Crippen LogP contribution in [-0.4, -0.2) is 57.9 Å². The normalized spacial score (nSPS) is 23.7. The summed E-state index contributed by atoms with van der Waals surface area (Å²) in [6.07, 6.45) is 1.84. The number of aliphatic hydroxyl groups is 2. The van der Waals surface area contributed by atoms with Crippen molar-refractivity contribution in [2.45, 2.75) is 52.6 Å². The standard InChI is InChI=1S/C27H35NO7/c1-5-16(12-17-8-6-7-9-21(17)30)10-11-22(31)23-18(15(2)3)13-19-24(20(23)14-29)26(33)28(25(19)32)27(34)35-4/h6-9,12,15,19-20,22,24,29-31H,5,10-11,13-14H2,1-4H3/b16-12+/t19-,20+,22-,24-/m1/s1. The number of carbonyl (C=O) groups excluding carboxylic acids is 3. The smallest absolute Gasteiger partial charge is 0.423 e. The molecule has 0 radical (unpaired) electrons. The Morgan fingerprint density at radius 2 is 1.91 bits per heavy atom. The molecule has 1 aliphatic carbocycles. The van der Waals surface area contributed by atoms with E-state index in [9.17, 15) is 29.7 Å². The number of fused-ring (bicyclic) bond motifs is 1. The molecule has 8 nitrogen and oxygen atoms in total. The average molecular weight is 486 g/mol. The molecule has 0 unspecified atom stereocenters. The number of rotatable bonds is 8. The first-order valence-electron chi connectivity index (χ1n) is 12.1. The number of phenols is 1. The highest BCUT2D eigenvalue weighted by molar-refractivity contribution is 6.16. The molecule has 0 spiro atoms. The van der Waals surface area contributed by atoms with E-state index in [0.29, 0.717) is 28.9 Å². The van der Waals surface area contributed by atoms with Crippen molar-refractivity contribution in [1.82, 2.24) is 4.90 Å². The molecule has 1 aliphatic heterocycles. The van der Waals surface area contributed by atoms with E-state index >= 15 is 0 Å². The summed E-state index contributed by atoms with van der Waals surface area (Å²) < 4.78 is 4.63. The Bertz CT molecular complexity index is 1040. The summed E-state index contributed by atoms with van der Waals surface area (Å²) in [7, 11) is 1.11. The van der Waals surface area contributed by atoms with Gasteiger partial charge in [-0.1, -0.05) is 56.2 Å². The van der Waals surface area contributed by atoms with Crippen LogP contribution < -0.4 is 0 Å². The average Bonchev–Trinajstić information content (AvgIpc) is 3.10. The minimum Gasteiger partial charge on any atom is -0.507 e. The second-order valence-electron chi connectivity index (χ2n) is 9.51. The van der Waals surface area contributed by atoms with E-state index in [2.05, 4.69) is 4.74 Å². The molecule has 3 amide bonds. The van der Waals surface area contributed by atoms with Crippen molar-refractivity contribution >= 4 is 24.0 Å². The van der Waals surface area contributed by atoms with Gasteiger partial charge in [0.15, 0.2) is 0 Å². The molecule has 1 fully saturated rings. The van der Waals surface area contributed by atoms with Gasteiger partial charge in [0.25, 0.3) is 0 Å². The van der Waals surface area contributed by atoms with Gasteiger partial charge >= 0.3 is 6.09 Å². The summed E-state index contributed by atoms with van der Waals surface area (Å²) in [6, 6.07) is 7.04. The molecule has 0 bridgehead atoms. The number of phenolic OH excluding ortho intramolecular Hbond substituents is 1. The Balaban J connectivity index is 1.90. The molecule has 0 aromatic heterocycles. The first kappa shape index (κ1) is 26.6. The SMILES string of the molecule is CC/C(=C\c1ccccc1O)CC[C@@H](O)C1=C(C(C)C)C[C@H]2C(=O)N(C(=O)OC)C(=O)[C@H]2[C@H]1CO. The number of para-hydroxylation sites is 1. The Morgan fingerprint density at radius 1 is 1.23 bits per heavy atom. The van der Waals surface area contributed by atoms with Gasteiger partial charge in [0, 0.05) is 11.5 Å². The number of ether oxygens (including phenoxy) is 1. The number of imide groups is 3. The van der Waals surface area contributed by atoms with Crippen molar-refractivity contribution in [2.24, 2.45) is 23.7 Å². The van der Waals surface area contributed by atoms with Crippen molar-refractivity contribution in [3.63, 3.8) is 0 Å². The number of hydrogen-bond donors (Lipinski definition) is 3. The first-order valence-corrected chi connectivity index (χ1v) is 12.1. The molecule has 3 N–H and O–H groups in total. The minimum absolute atomic E-state index is 0.0211. The van der Waals surface area contributed by atoms with Gasteiger partial charge < -0.3 is 20.1 Å². The Kier molecular flexibility index (Phi) is 8.51. The summed E-state index contributed by atoms with van der Waals surface area (Å²) in [6.45, 7) is 5.48. The molecule has 0 saturated carbocycles. The van der Waals surface area contributed by atoms with Gasteiger partial charge in [0.05, 0.1) is 31.7 Å². The highest BCUT2D eigenvalue weighted by Crippen LogP contribution is 2.48. The molecular formula is C27H35NO7. The molecule has 1 aromatic rings. The van der Waals surface area contributed by atoms with Gasteiger partial charge in [-0.05, 0) is 43.2 Å². The van der Waals surface area contributed by atoms with Crippen LogP contribution >= 0.6 is 0 Å². The maximum absolute atomic E-state index is 13.1. The zero-order valence-electron chi connectivity index (χ0n) is 20.7. The molecule has 4 atom stereocenters. The van der Waals surface area contributed by atoms with Gasteiger partial charge in [-0.25, -0.2) is 4.79 Å². The maximum Gasteiger partial charge on any atom is 0.423 e. The van der Waals surface area contributed by atoms with Crippen LogP contribution in [0.3, 0.4) is 0 Å². The second kappa shape index (κ2) is 11.2. The fourth-order valence-corrected chi connectivity index (χ4v) is 5.37. The summed E-state index contributed by atoms with van der Waals surface area (Å²) in [5, 5.41) is 31.7. The van der Waals surface area contributed by atoms with Crippen LogP contribution in [0.5, 0.6) is 5.75 Å². The van der Waals surface area contributed by atoms with E-state index < -0.39 is 48.4 Å². The fraction of sp³-hybridized carbons (Fsp3) is 0.519. The van der Waals surface area contributed by atoms with Gasteiger partial charge in [0.2, 0.25) is 11.8 Å². The number of allylic oxidation sites excluding steroid dienone is 2. The fourth-order valence-electron chi connectivity index (χ4n) is 5.37. The predicted octanol–water partition coefficient (Wildman–Crippen LogP) is 3.66. The Hall–Kier alpha value is -2.97. The molecule has 190 valence electrons. The third-order valence-corrected chi connectivity index (χ3v) is 7.22. The summed E-state index contributed by atoms with van der Waals surface area (Å²) in [5.41, 5.74) is 3.17. The van der Waals surface area contributed by atoms with Crippen molar-refractivity contribution in [3.8, 4) is 5.75 Å².